The molecular weight excluding hydrogens is 358 g/mol. The SMILES string of the molecule is Cc1cc(C)cc(NC(=S)NNC(=O)COc2ccc(Cl)cc2C)c1. The molecular formula is C18H20ClN3O2S. The van der Waals surface area contributed by atoms with Crippen molar-refractivity contribution in [1.82, 2.24) is 10.9 Å². The second-order valence-corrected chi connectivity index (χ2v) is 6.55. The van der Waals surface area contributed by atoms with Gasteiger partial charge in [-0.3, -0.25) is 15.6 Å². The largest absolute Gasteiger partial charge is 0.483 e. The molecule has 0 saturated heterocycles. The van der Waals surface area contributed by atoms with Gasteiger partial charge in [0.1, 0.15) is 5.75 Å². The molecule has 0 aliphatic heterocycles. The number of thiocarbonyl (C=S) groups is 1. The van der Waals surface area contributed by atoms with E-state index in [1.54, 1.807) is 18.2 Å². The van der Waals surface area contributed by atoms with E-state index in [1.165, 1.54) is 0 Å². The highest BCUT2D eigenvalue weighted by Gasteiger charge is 2.06. The standard InChI is InChI=1S/C18H20ClN3O2S/c1-11-6-12(2)8-15(7-11)20-18(25)22-21-17(23)10-24-16-5-4-14(19)9-13(16)3/h4-9H,10H2,1-3H3,(H,21,23)(H2,20,22,25). The monoisotopic (exact) mass is 377 g/mol. The van der Waals surface area contributed by atoms with Crippen LogP contribution in [0.25, 0.3) is 0 Å². The maximum Gasteiger partial charge on any atom is 0.276 e. The molecule has 25 heavy (non-hydrogen) atoms. The number of hydrogen-bond acceptors (Lipinski definition) is 3. The minimum atomic E-state index is -0.348. The van der Waals surface area contributed by atoms with Crippen molar-refractivity contribution >= 4 is 40.5 Å². The van der Waals surface area contributed by atoms with Gasteiger partial charge in [0.2, 0.25) is 0 Å². The zero-order valence-electron chi connectivity index (χ0n) is 14.3. The minimum Gasteiger partial charge on any atom is -0.483 e. The number of ether oxygens (including phenoxy) is 1. The third kappa shape index (κ3) is 6.25. The lowest BCUT2D eigenvalue weighted by molar-refractivity contribution is -0.123. The number of benzene rings is 2. The third-order valence-electron chi connectivity index (χ3n) is 3.29. The number of carbonyl (C=O) groups excluding carboxylic acids is 1. The Morgan fingerprint density at radius 2 is 1.76 bits per heavy atom. The van der Waals surface area contributed by atoms with Crippen LogP contribution in [0.4, 0.5) is 5.69 Å². The van der Waals surface area contributed by atoms with Gasteiger partial charge in [-0.05, 0) is 80.0 Å². The fourth-order valence-corrected chi connectivity index (χ4v) is 2.69. The van der Waals surface area contributed by atoms with Crippen molar-refractivity contribution in [3.63, 3.8) is 0 Å². The van der Waals surface area contributed by atoms with Crippen molar-refractivity contribution in [2.24, 2.45) is 0 Å². The summed E-state index contributed by atoms with van der Waals surface area (Å²) in [6.45, 7) is 5.74. The van der Waals surface area contributed by atoms with Crippen LogP contribution in [0.15, 0.2) is 36.4 Å². The summed E-state index contributed by atoms with van der Waals surface area (Å²) in [4.78, 5) is 11.8. The van der Waals surface area contributed by atoms with E-state index in [0.717, 1.165) is 22.4 Å². The number of anilines is 1. The molecule has 2 aromatic rings. The number of hydrogen-bond donors (Lipinski definition) is 3. The van der Waals surface area contributed by atoms with E-state index in [-0.39, 0.29) is 12.5 Å². The highest BCUT2D eigenvalue weighted by Crippen LogP contribution is 2.21. The van der Waals surface area contributed by atoms with E-state index in [2.05, 4.69) is 22.2 Å². The van der Waals surface area contributed by atoms with Crippen molar-refractivity contribution < 1.29 is 9.53 Å². The topological polar surface area (TPSA) is 62.4 Å². The number of halogens is 1. The Hall–Kier alpha value is -2.31. The van der Waals surface area contributed by atoms with E-state index in [1.807, 2.05) is 32.9 Å². The zero-order valence-corrected chi connectivity index (χ0v) is 15.8. The Morgan fingerprint density at radius 3 is 2.40 bits per heavy atom. The molecule has 0 fully saturated rings. The molecule has 0 heterocycles. The highest BCUT2D eigenvalue weighted by molar-refractivity contribution is 7.80. The molecule has 7 heteroatoms. The molecule has 5 nitrogen and oxygen atoms in total. The summed E-state index contributed by atoms with van der Waals surface area (Å²) in [6, 6.07) is 11.2. The van der Waals surface area contributed by atoms with Crippen LogP contribution in [-0.4, -0.2) is 17.6 Å². The van der Waals surface area contributed by atoms with Crippen molar-refractivity contribution in [1.29, 1.82) is 0 Å². The molecule has 2 aromatic carbocycles. The molecule has 0 unspecified atom stereocenters. The number of carbonyl (C=O) groups is 1. The lowest BCUT2D eigenvalue weighted by Crippen LogP contribution is -2.45. The highest BCUT2D eigenvalue weighted by atomic mass is 35.5. The van der Waals surface area contributed by atoms with Crippen LogP contribution < -0.4 is 20.9 Å². The first-order valence-corrected chi connectivity index (χ1v) is 8.45. The van der Waals surface area contributed by atoms with E-state index < -0.39 is 0 Å². The van der Waals surface area contributed by atoms with E-state index in [9.17, 15) is 4.79 Å². The molecule has 0 aliphatic rings. The van der Waals surface area contributed by atoms with E-state index in [0.29, 0.717) is 15.9 Å². The fourth-order valence-electron chi connectivity index (χ4n) is 2.29. The summed E-state index contributed by atoms with van der Waals surface area (Å²) in [7, 11) is 0. The Bertz CT molecular complexity index is 776. The number of nitrogens with one attached hydrogen (secondary N) is 3. The van der Waals surface area contributed by atoms with Crippen molar-refractivity contribution in [3.8, 4) is 5.75 Å². The number of hydrazine groups is 1. The van der Waals surface area contributed by atoms with Gasteiger partial charge < -0.3 is 10.1 Å². The number of aryl methyl sites for hydroxylation is 3. The first kappa shape index (κ1) is 19.0. The van der Waals surface area contributed by atoms with Crippen LogP contribution >= 0.6 is 23.8 Å². The van der Waals surface area contributed by atoms with Crippen molar-refractivity contribution in [2.45, 2.75) is 20.8 Å². The lowest BCUT2D eigenvalue weighted by atomic mass is 10.1. The van der Waals surface area contributed by atoms with Gasteiger partial charge in [0.15, 0.2) is 11.7 Å². The van der Waals surface area contributed by atoms with E-state index in [4.69, 9.17) is 28.6 Å². The Balaban J connectivity index is 1.78. The second-order valence-electron chi connectivity index (χ2n) is 5.70. The second kappa shape index (κ2) is 8.69. The summed E-state index contributed by atoms with van der Waals surface area (Å²) in [5.41, 5.74) is 9.11. The van der Waals surface area contributed by atoms with Gasteiger partial charge in [0.25, 0.3) is 5.91 Å². The van der Waals surface area contributed by atoms with Crippen LogP contribution in [-0.2, 0) is 4.79 Å². The van der Waals surface area contributed by atoms with Crippen molar-refractivity contribution in [2.75, 3.05) is 11.9 Å². The predicted octanol–water partition coefficient (Wildman–Crippen LogP) is 3.66. The molecule has 0 bridgehead atoms. The molecule has 0 atom stereocenters. The van der Waals surface area contributed by atoms with Gasteiger partial charge in [-0.2, -0.15) is 0 Å². The predicted molar refractivity (Wildman–Crippen MR) is 105 cm³/mol. The maximum absolute atomic E-state index is 11.8. The molecule has 1 amide bonds. The number of rotatable bonds is 4. The molecule has 2 rings (SSSR count). The lowest BCUT2D eigenvalue weighted by Gasteiger charge is -2.13. The van der Waals surface area contributed by atoms with Gasteiger partial charge in [0.05, 0.1) is 0 Å². The molecule has 132 valence electrons. The first-order valence-electron chi connectivity index (χ1n) is 7.66. The van der Waals surface area contributed by atoms with Gasteiger partial charge in [0, 0.05) is 10.7 Å². The Labute approximate surface area is 157 Å². The summed E-state index contributed by atoms with van der Waals surface area (Å²) in [5.74, 6) is 0.259. The average molecular weight is 378 g/mol. The summed E-state index contributed by atoms with van der Waals surface area (Å²) in [5, 5.41) is 3.93. The summed E-state index contributed by atoms with van der Waals surface area (Å²) in [6.07, 6.45) is 0. The van der Waals surface area contributed by atoms with Gasteiger partial charge in [-0.15, -0.1) is 0 Å². The third-order valence-corrected chi connectivity index (χ3v) is 3.73. The molecule has 0 spiro atoms. The van der Waals surface area contributed by atoms with Crippen LogP contribution in [0.1, 0.15) is 16.7 Å². The normalized spacial score (nSPS) is 10.1. The quantitative estimate of drug-likeness (QED) is 0.560. The molecule has 0 saturated carbocycles. The summed E-state index contributed by atoms with van der Waals surface area (Å²) < 4.78 is 5.46. The molecule has 0 aromatic heterocycles. The van der Waals surface area contributed by atoms with Crippen LogP contribution in [0, 0.1) is 20.8 Å². The average Bonchev–Trinajstić information content (AvgIpc) is 2.51. The fraction of sp³-hybridized carbons (Fsp3) is 0.222. The van der Waals surface area contributed by atoms with Crippen LogP contribution in [0.2, 0.25) is 5.02 Å². The Morgan fingerprint density at radius 1 is 1.08 bits per heavy atom. The Kier molecular flexibility index (Phi) is 6.61. The minimum absolute atomic E-state index is 0.137. The van der Waals surface area contributed by atoms with Crippen LogP contribution in [0.5, 0.6) is 5.75 Å². The van der Waals surface area contributed by atoms with Crippen molar-refractivity contribution in [3.05, 3.63) is 58.1 Å². The first-order chi connectivity index (χ1) is 11.8. The zero-order chi connectivity index (χ0) is 18.4. The van der Waals surface area contributed by atoms with Crippen LogP contribution in [0.3, 0.4) is 0 Å². The van der Waals surface area contributed by atoms with E-state index >= 15 is 0 Å². The summed E-state index contributed by atoms with van der Waals surface area (Å²) >= 11 is 11.0. The maximum atomic E-state index is 11.8. The van der Waals surface area contributed by atoms with Gasteiger partial charge >= 0.3 is 0 Å². The molecule has 0 aliphatic carbocycles. The smallest absolute Gasteiger partial charge is 0.276 e. The molecule has 0 radical (unpaired) electrons. The van der Waals surface area contributed by atoms with Gasteiger partial charge in [-0.1, -0.05) is 17.7 Å². The molecule has 3 N–H and O–H groups in total. The van der Waals surface area contributed by atoms with Gasteiger partial charge in [-0.25, -0.2) is 0 Å². The number of amides is 1.